The van der Waals surface area contributed by atoms with Gasteiger partial charge in [-0.15, -0.1) is 0 Å². The number of piperidine rings is 1. The van der Waals surface area contributed by atoms with Gasteiger partial charge in [-0.25, -0.2) is 9.97 Å². The first-order valence-corrected chi connectivity index (χ1v) is 11.4. The van der Waals surface area contributed by atoms with E-state index in [0.29, 0.717) is 6.61 Å². The van der Waals surface area contributed by atoms with Gasteiger partial charge in [0.1, 0.15) is 0 Å². The molecule has 2 heterocycles. The summed E-state index contributed by atoms with van der Waals surface area (Å²) in [6.45, 7) is 6.87. The first kappa shape index (κ1) is 22.2. The number of benzene rings is 2. The fourth-order valence-electron chi connectivity index (χ4n) is 4.49. The normalized spacial score (nSPS) is 15.9. The zero-order valence-electron chi connectivity index (χ0n) is 19.0. The zero-order valence-corrected chi connectivity index (χ0v) is 19.0. The van der Waals surface area contributed by atoms with Crippen molar-refractivity contribution in [2.75, 3.05) is 19.7 Å². The Bertz CT molecular complexity index is 1030. The van der Waals surface area contributed by atoms with E-state index in [0.717, 1.165) is 55.8 Å². The number of rotatable bonds is 7. The summed E-state index contributed by atoms with van der Waals surface area (Å²) in [6, 6.07) is 18.5. The molecule has 0 unspecified atom stereocenters. The third-order valence-electron chi connectivity index (χ3n) is 6.29. The number of nitrogens with zero attached hydrogens (tertiary/aromatic N) is 3. The van der Waals surface area contributed by atoms with Crippen molar-refractivity contribution in [2.24, 2.45) is 5.41 Å². The molecule has 5 nitrogen and oxygen atoms in total. The lowest BCUT2D eigenvalue weighted by Crippen LogP contribution is -2.46. The average Bonchev–Trinajstić information content (AvgIpc) is 2.82. The molecule has 1 aliphatic heterocycles. The number of carbonyl (C=O) groups excluding carboxylic acids is 1. The second-order valence-electron chi connectivity index (χ2n) is 8.72. The SMILES string of the molecule is CCOC(=O)C1(Cc2ccccc2)CCN(Cc2cnc(-c3cccc(C)c3)nc2)CC1. The first-order chi connectivity index (χ1) is 15.6. The van der Waals surface area contributed by atoms with Crippen LogP contribution in [0.1, 0.15) is 36.5 Å². The highest BCUT2D eigenvalue weighted by Crippen LogP contribution is 2.37. The van der Waals surface area contributed by atoms with Gasteiger partial charge in [-0.05, 0) is 57.8 Å². The number of esters is 1. The second-order valence-corrected chi connectivity index (χ2v) is 8.72. The maximum atomic E-state index is 12.9. The molecule has 0 amide bonds. The second kappa shape index (κ2) is 10.0. The van der Waals surface area contributed by atoms with Crippen molar-refractivity contribution < 1.29 is 9.53 Å². The van der Waals surface area contributed by atoms with Gasteiger partial charge in [0.25, 0.3) is 0 Å². The van der Waals surface area contributed by atoms with Gasteiger partial charge >= 0.3 is 5.97 Å². The van der Waals surface area contributed by atoms with Gasteiger partial charge < -0.3 is 4.74 Å². The zero-order chi connectivity index (χ0) is 22.4. The van der Waals surface area contributed by atoms with Crippen LogP contribution in [0.4, 0.5) is 0 Å². The van der Waals surface area contributed by atoms with Crippen LogP contribution in [0.3, 0.4) is 0 Å². The van der Waals surface area contributed by atoms with Gasteiger partial charge in [0.05, 0.1) is 12.0 Å². The molecule has 0 N–H and O–H groups in total. The van der Waals surface area contributed by atoms with Crippen LogP contribution < -0.4 is 0 Å². The van der Waals surface area contributed by atoms with Gasteiger partial charge in [0.15, 0.2) is 5.82 Å². The molecule has 0 saturated carbocycles. The minimum atomic E-state index is -0.445. The largest absolute Gasteiger partial charge is 0.466 e. The van der Waals surface area contributed by atoms with E-state index in [1.165, 1.54) is 11.1 Å². The summed E-state index contributed by atoms with van der Waals surface area (Å²) in [5.41, 5.74) is 4.07. The highest BCUT2D eigenvalue weighted by Gasteiger charge is 2.42. The minimum Gasteiger partial charge on any atom is -0.466 e. The maximum Gasteiger partial charge on any atom is 0.312 e. The number of aromatic nitrogens is 2. The molecule has 1 aliphatic rings. The monoisotopic (exact) mass is 429 g/mol. The molecule has 0 bridgehead atoms. The molecule has 1 saturated heterocycles. The van der Waals surface area contributed by atoms with Crippen LogP contribution >= 0.6 is 0 Å². The first-order valence-electron chi connectivity index (χ1n) is 11.4. The Morgan fingerprint density at radius 1 is 1.00 bits per heavy atom. The highest BCUT2D eigenvalue weighted by molar-refractivity contribution is 5.77. The minimum absolute atomic E-state index is 0.0608. The summed E-state index contributed by atoms with van der Waals surface area (Å²) in [5.74, 6) is 0.689. The van der Waals surface area contributed by atoms with Crippen molar-refractivity contribution in [1.82, 2.24) is 14.9 Å². The molecule has 3 aromatic rings. The van der Waals surface area contributed by atoms with E-state index in [9.17, 15) is 4.79 Å². The summed E-state index contributed by atoms with van der Waals surface area (Å²) in [6.07, 6.45) is 6.16. The molecular weight excluding hydrogens is 398 g/mol. The van der Waals surface area contributed by atoms with Crippen LogP contribution in [-0.2, 0) is 22.5 Å². The number of aryl methyl sites for hydroxylation is 1. The lowest BCUT2D eigenvalue weighted by molar-refractivity contribution is -0.158. The van der Waals surface area contributed by atoms with E-state index in [-0.39, 0.29) is 5.97 Å². The summed E-state index contributed by atoms with van der Waals surface area (Å²) < 4.78 is 5.50. The molecule has 0 spiro atoms. The smallest absolute Gasteiger partial charge is 0.312 e. The lowest BCUT2D eigenvalue weighted by Gasteiger charge is -2.40. The number of hydrogen-bond donors (Lipinski definition) is 0. The number of carbonyl (C=O) groups is 1. The Balaban J connectivity index is 1.40. The molecule has 4 rings (SSSR count). The van der Waals surface area contributed by atoms with Gasteiger partial charge in [0, 0.05) is 30.1 Å². The van der Waals surface area contributed by atoms with Gasteiger partial charge in [-0.3, -0.25) is 9.69 Å². The van der Waals surface area contributed by atoms with Gasteiger partial charge in [-0.2, -0.15) is 0 Å². The molecule has 0 atom stereocenters. The van der Waals surface area contributed by atoms with Crippen molar-refractivity contribution in [3.63, 3.8) is 0 Å². The fraction of sp³-hybridized carbons (Fsp3) is 0.370. The van der Waals surface area contributed by atoms with Crippen molar-refractivity contribution in [3.05, 3.63) is 83.7 Å². The van der Waals surface area contributed by atoms with Crippen molar-refractivity contribution in [3.8, 4) is 11.4 Å². The molecule has 32 heavy (non-hydrogen) atoms. The maximum absolute atomic E-state index is 12.9. The van der Waals surface area contributed by atoms with Crippen LogP contribution in [-0.4, -0.2) is 40.5 Å². The Morgan fingerprint density at radius 2 is 1.72 bits per heavy atom. The van der Waals surface area contributed by atoms with Gasteiger partial charge in [0.2, 0.25) is 0 Å². The fourth-order valence-corrected chi connectivity index (χ4v) is 4.49. The summed E-state index contributed by atoms with van der Waals surface area (Å²) in [7, 11) is 0. The third kappa shape index (κ3) is 5.22. The Morgan fingerprint density at radius 3 is 2.38 bits per heavy atom. The quantitative estimate of drug-likeness (QED) is 0.503. The Labute approximate surface area is 190 Å². The Hall–Kier alpha value is -3.05. The lowest BCUT2D eigenvalue weighted by atomic mass is 9.73. The van der Waals surface area contributed by atoms with Crippen LogP contribution in [0.5, 0.6) is 0 Å². The predicted molar refractivity (Wildman–Crippen MR) is 126 cm³/mol. The van der Waals surface area contributed by atoms with Crippen LogP contribution in [0.15, 0.2) is 67.0 Å². The molecule has 1 fully saturated rings. The average molecular weight is 430 g/mol. The van der Waals surface area contributed by atoms with E-state index in [1.54, 1.807) is 0 Å². The van der Waals surface area contributed by atoms with E-state index < -0.39 is 5.41 Å². The standard InChI is InChI=1S/C27H31N3O2/c1-3-32-26(31)27(17-22-9-5-4-6-10-22)12-14-30(15-13-27)20-23-18-28-25(29-19-23)24-11-7-8-21(2)16-24/h4-11,16,18-19H,3,12-15,17,20H2,1-2H3. The van der Waals surface area contributed by atoms with Crippen molar-refractivity contribution in [1.29, 1.82) is 0 Å². The van der Waals surface area contributed by atoms with Crippen LogP contribution in [0.2, 0.25) is 0 Å². The molecule has 2 aromatic carbocycles. The topological polar surface area (TPSA) is 55.3 Å². The number of ether oxygens (including phenoxy) is 1. The third-order valence-corrected chi connectivity index (χ3v) is 6.29. The van der Waals surface area contributed by atoms with E-state index in [2.05, 4.69) is 46.1 Å². The predicted octanol–water partition coefficient (Wildman–Crippen LogP) is 4.84. The van der Waals surface area contributed by atoms with E-state index in [4.69, 9.17) is 4.74 Å². The molecule has 166 valence electrons. The molecular formula is C27H31N3O2. The number of likely N-dealkylation sites (tertiary alicyclic amines) is 1. The molecule has 5 heteroatoms. The van der Waals surface area contributed by atoms with Crippen LogP contribution in [0, 0.1) is 12.3 Å². The molecule has 0 aliphatic carbocycles. The molecule has 1 aromatic heterocycles. The summed E-state index contributed by atoms with van der Waals surface area (Å²) in [4.78, 5) is 24.5. The van der Waals surface area contributed by atoms with Gasteiger partial charge in [-0.1, -0.05) is 54.1 Å². The van der Waals surface area contributed by atoms with E-state index in [1.807, 2.05) is 49.6 Å². The van der Waals surface area contributed by atoms with Crippen LogP contribution in [0.25, 0.3) is 11.4 Å². The summed E-state index contributed by atoms with van der Waals surface area (Å²) >= 11 is 0. The summed E-state index contributed by atoms with van der Waals surface area (Å²) in [5, 5.41) is 0. The Kier molecular flexibility index (Phi) is 6.96. The van der Waals surface area contributed by atoms with Crippen molar-refractivity contribution >= 4 is 5.97 Å². The van der Waals surface area contributed by atoms with Crippen molar-refractivity contribution in [2.45, 2.75) is 39.7 Å². The van der Waals surface area contributed by atoms with E-state index >= 15 is 0 Å². The highest BCUT2D eigenvalue weighted by atomic mass is 16.5. The molecule has 0 radical (unpaired) electrons. The number of hydrogen-bond acceptors (Lipinski definition) is 5.